The average molecular weight is 571 g/mol. The number of hydrogen-bond acceptors (Lipinski definition) is 9. The van der Waals surface area contributed by atoms with Crippen molar-refractivity contribution in [3.05, 3.63) is 79.9 Å². The smallest absolute Gasteiger partial charge is 0.328 e. The normalized spacial score (nSPS) is 18.4. The third kappa shape index (κ3) is 7.62. The van der Waals surface area contributed by atoms with Crippen LogP contribution >= 0.6 is 0 Å². The van der Waals surface area contributed by atoms with Gasteiger partial charge in [-0.05, 0) is 50.7 Å². The predicted octanol–water partition coefficient (Wildman–Crippen LogP) is 3.44. The molecule has 14 nitrogen and oxygen atoms in total. The fourth-order valence-corrected chi connectivity index (χ4v) is 4.82. The molecule has 2 aromatic rings. The lowest BCUT2D eigenvalue weighted by molar-refractivity contribution is -0.385. The summed E-state index contributed by atoms with van der Waals surface area (Å²) in [5, 5.41) is 30.6. The number of esters is 1. The van der Waals surface area contributed by atoms with Crippen LogP contribution in [0.3, 0.4) is 0 Å². The molecule has 4 rings (SSSR count). The summed E-state index contributed by atoms with van der Waals surface area (Å²) in [6, 6.07) is 9.41. The van der Waals surface area contributed by atoms with Gasteiger partial charge in [0.2, 0.25) is 0 Å². The minimum Gasteiger partial charge on any atom is -0.480 e. The molecule has 1 N–H and O–H groups in total. The highest BCUT2D eigenvalue weighted by Crippen LogP contribution is 2.23. The molecule has 2 unspecified atom stereocenters. The van der Waals surface area contributed by atoms with Crippen molar-refractivity contribution >= 4 is 35.1 Å². The molecule has 2 amide bonds. The van der Waals surface area contributed by atoms with Crippen LogP contribution in [-0.2, 0) is 14.3 Å². The van der Waals surface area contributed by atoms with Gasteiger partial charge in [0.25, 0.3) is 23.2 Å². The quantitative estimate of drug-likeness (QED) is 0.306. The standard InChI is InChI=1S/C14H16N2O5.C13H14N2O5/c1-21-14(18)12-7-2-3-8-15(12)13(17)10-5-4-6-11(9-10)16(19)20;16-12(9-4-3-5-10(8-9)15(19)20)14-7-2-1-6-11(14)13(17)18/h4-6,9,12H,2-3,7-8H2,1H3;3-5,8,11H,1-2,6-7H2,(H,17,18). The van der Waals surface area contributed by atoms with E-state index < -0.39 is 39.8 Å². The van der Waals surface area contributed by atoms with Crippen LogP contribution in [0, 0.1) is 20.2 Å². The third-order valence-corrected chi connectivity index (χ3v) is 6.89. The first-order valence-electron chi connectivity index (χ1n) is 13.0. The Labute approximate surface area is 234 Å². The van der Waals surface area contributed by atoms with Crippen molar-refractivity contribution in [2.24, 2.45) is 0 Å². The van der Waals surface area contributed by atoms with Crippen molar-refractivity contribution in [1.29, 1.82) is 0 Å². The molecule has 14 heteroatoms. The van der Waals surface area contributed by atoms with Gasteiger partial charge in [-0.25, -0.2) is 9.59 Å². The number of non-ortho nitro benzene ring substituents is 2. The summed E-state index contributed by atoms with van der Waals surface area (Å²) in [7, 11) is 1.28. The molecule has 2 saturated heterocycles. The van der Waals surface area contributed by atoms with E-state index in [1.54, 1.807) is 0 Å². The van der Waals surface area contributed by atoms with Gasteiger partial charge in [-0.3, -0.25) is 29.8 Å². The van der Waals surface area contributed by atoms with E-state index in [1.807, 2.05) is 0 Å². The number of amides is 2. The van der Waals surface area contributed by atoms with Crippen LogP contribution in [0.25, 0.3) is 0 Å². The van der Waals surface area contributed by atoms with Crippen molar-refractivity contribution in [3.63, 3.8) is 0 Å². The molecular formula is C27H30N4O10. The molecule has 2 heterocycles. The molecule has 0 aliphatic carbocycles. The fraction of sp³-hybridized carbons (Fsp3) is 0.407. The van der Waals surface area contributed by atoms with Crippen LogP contribution in [0.1, 0.15) is 59.2 Å². The number of methoxy groups -OCH3 is 1. The fourth-order valence-electron chi connectivity index (χ4n) is 4.82. The number of likely N-dealkylation sites (tertiary alicyclic amines) is 2. The molecule has 2 aliphatic heterocycles. The molecular weight excluding hydrogens is 540 g/mol. The Kier molecular flexibility index (Phi) is 10.4. The van der Waals surface area contributed by atoms with E-state index in [4.69, 9.17) is 9.84 Å². The van der Waals surface area contributed by atoms with Gasteiger partial charge in [-0.15, -0.1) is 0 Å². The molecule has 0 spiro atoms. The first-order valence-corrected chi connectivity index (χ1v) is 13.0. The van der Waals surface area contributed by atoms with Gasteiger partial charge in [-0.1, -0.05) is 12.1 Å². The van der Waals surface area contributed by atoms with E-state index in [0.29, 0.717) is 25.9 Å². The van der Waals surface area contributed by atoms with Crippen LogP contribution in [0.5, 0.6) is 0 Å². The number of carbonyl (C=O) groups is 4. The first kappa shape index (κ1) is 30.7. The van der Waals surface area contributed by atoms with Crippen LogP contribution in [-0.4, -0.2) is 80.8 Å². The van der Waals surface area contributed by atoms with Gasteiger partial charge < -0.3 is 19.6 Å². The van der Waals surface area contributed by atoms with Gasteiger partial charge in [0.05, 0.1) is 17.0 Å². The largest absolute Gasteiger partial charge is 0.480 e. The molecule has 41 heavy (non-hydrogen) atoms. The number of ether oxygens (including phenoxy) is 1. The number of carboxylic acid groups (broad SMARTS) is 1. The Morgan fingerprint density at radius 2 is 1.22 bits per heavy atom. The summed E-state index contributed by atoms with van der Waals surface area (Å²) >= 11 is 0. The van der Waals surface area contributed by atoms with Crippen LogP contribution in [0.4, 0.5) is 11.4 Å². The first-order chi connectivity index (χ1) is 19.5. The third-order valence-electron chi connectivity index (χ3n) is 6.89. The number of aliphatic carboxylic acids is 1. The van der Waals surface area contributed by atoms with Crippen LogP contribution < -0.4 is 0 Å². The molecule has 0 radical (unpaired) electrons. The number of carbonyl (C=O) groups excluding carboxylic acids is 3. The Hall–Kier alpha value is -4.88. The monoisotopic (exact) mass is 570 g/mol. The van der Waals surface area contributed by atoms with E-state index in [-0.39, 0.29) is 28.4 Å². The topological polar surface area (TPSA) is 190 Å². The number of carboxylic acids is 1. The van der Waals surface area contributed by atoms with Crippen LogP contribution in [0.2, 0.25) is 0 Å². The van der Waals surface area contributed by atoms with Crippen molar-refractivity contribution in [2.45, 2.75) is 50.6 Å². The van der Waals surface area contributed by atoms with Gasteiger partial charge >= 0.3 is 11.9 Å². The highest BCUT2D eigenvalue weighted by atomic mass is 16.6. The summed E-state index contributed by atoms with van der Waals surface area (Å²) in [6.45, 7) is 0.805. The minimum atomic E-state index is -1.04. The van der Waals surface area contributed by atoms with Crippen molar-refractivity contribution in [1.82, 2.24) is 9.80 Å². The van der Waals surface area contributed by atoms with E-state index in [0.717, 1.165) is 25.7 Å². The average Bonchev–Trinajstić information content (AvgIpc) is 3.00. The maximum absolute atomic E-state index is 12.5. The lowest BCUT2D eigenvalue weighted by Gasteiger charge is -2.33. The molecule has 2 atom stereocenters. The second-order valence-corrected chi connectivity index (χ2v) is 9.50. The number of nitro benzene ring substituents is 2. The molecule has 0 saturated carbocycles. The summed E-state index contributed by atoms with van der Waals surface area (Å²) in [5.41, 5.74) is 0.0274. The molecule has 2 aliphatic rings. The number of nitro groups is 2. The van der Waals surface area contributed by atoms with E-state index in [9.17, 15) is 39.4 Å². The zero-order chi connectivity index (χ0) is 30.1. The number of nitrogens with zero attached hydrogens (tertiary/aromatic N) is 4. The Morgan fingerprint density at radius 1 is 0.780 bits per heavy atom. The highest BCUT2D eigenvalue weighted by molar-refractivity contribution is 5.98. The van der Waals surface area contributed by atoms with Gasteiger partial charge in [-0.2, -0.15) is 0 Å². The second kappa shape index (κ2) is 14.0. The summed E-state index contributed by atoms with van der Waals surface area (Å²) in [4.78, 5) is 70.8. The van der Waals surface area contributed by atoms with E-state index in [1.165, 1.54) is 65.4 Å². The van der Waals surface area contributed by atoms with Gasteiger partial charge in [0.1, 0.15) is 12.1 Å². The summed E-state index contributed by atoms with van der Waals surface area (Å²) in [6.07, 6.45) is 4.11. The number of piperidine rings is 2. The zero-order valence-corrected chi connectivity index (χ0v) is 22.3. The summed E-state index contributed by atoms with van der Waals surface area (Å²) in [5.74, 6) is -2.34. The Balaban J connectivity index is 0.000000226. The Morgan fingerprint density at radius 3 is 1.63 bits per heavy atom. The lowest BCUT2D eigenvalue weighted by Crippen LogP contribution is -2.48. The van der Waals surface area contributed by atoms with Crippen molar-refractivity contribution in [2.75, 3.05) is 20.2 Å². The van der Waals surface area contributed by atoms with E-state index in [2.05, 4.69) is 0 Å². The van der Waals surface area contributed by atoms with Crippen molar-refractivity contribution < 1.29 is 38.9 Å². The highest BCUT2D eigenvalue weighted by Gasteiger charge is 2.34. The molecule has 218 valence electrons. The summed E-state index contributed by atoms with van der Waals surface area (Å²) < 4.78 is 4.73. The van der Waals surface area contributed by atoms with Crippen molar-refractivity contribution in [3.8, 4) is 0 Å². The van der Waals surface area contributed by atoms with Gasteiger partial charge in [0.15, 0.2) is 0 Å². The number of hydrogen-bond donors (Lipinski definition) is 1. The minimum absolute atomic E-state index is 0.146. The zero-order valence-electron chi connectivity index (χ0n) is 22.3. The second-order valence-electron chi connectivity index (χ2n) is 9.50. The SMILES string of the molecule is COC(=O)C1CCCCN1C(=O)c1cccc([N+](=O)[O-])c1.O=C(O)C1CCCCN1C(=O)c1cccc([N+](=O)[O-])c1. The number of rotatable bonds is 6. The van der Waals surface area contributed by atoms with Gasteiger partial charge in [0, 0.05) is 48.5 Å². The Bertz CT molecular complexity index is 1330. The maximum Gasteiger partial charge on any atom is 0.328 e. The number of benzene rings is 2. The molecule has 0 aromatic heterocycles. The van der Waals surface area contributed by atoms with E-state index >= 15 is 0 Å². The van der Waals surface area contributed by atoms with Crippen LogP contribution in [0.15, 0.2) is 48.5 Å². The lowest BCUT2D eigenvalue weighted by atomic mass is 10.0. The molecule has 0 bridgehead atoms. The molecule has 2 aromatic carbocycles. The maximum atomic E-state index is 12.5. The molecule has 2 fully saturated rings. The predicted molar refractivity (Wildman–Crippen MR) is 143 cm³/mol.